The van der Waals surface area contributed by atoms with Crippen LogP contribution in [0.4, 0.5) is 0 Å². The summed E-state index contributed by atoms with van der Waals surface area (Å²) >= 11 is 0. The minimum atomic E-state index is 0.157. The van der Waals surface area contributed by atoms with Gasteiger partial charge in [0, 0.05) is 5.92 Å². The van der Waals surface area contributed by atoms with Gasteiger partial charge in [0.05, 0.1) is 6.61 Å². The van der Waals surface area contributed by atoms with Crippen molar-refractivity contribution in [2.45, 2.75) is 19.8 Å². The van der Waals surface area contributed by atoms with E-state index in [9.17, 15) is 0 Å². The molecule has 0 aliphatic heterocycles. The molecule has 1 nitrogen and oxygen atoms in total. The third-order valence-electron chi connectivity index (χ3n) is 2.21. The number of hydrogen-bond donors (Lipinski definition) is 0. The van der Waals surface area contributed by atoms with Gasteiger partial charge in [-0.1, -0.05) is 18.2 Å². The predicted molar refractivity (Wildman–Crippen MR) is 60.6 cm³/mol. The molecule has 0 saturated carbocycles. The first-order valence-electron chi connectivity index (χ1n) is 4.88. The summed E-state index contributed by atoms with van der Waals surface area (Å²) in [4.78, 5) is 0. The summed E-state index contributed by atoms with van der Waals surface area (Å²) in [6.45, 7) is 12.5. The lowest BCUT2D eigenvalue weighted by atomic mass is 9.99. The molecule has 1 aromatic carbocycles. The summed E-state index contributed by atoms with van der Waals surface area (Å²) in [6.07, 6.45) is 1.84. The average molecular weight is 189 g/mol. The fraction of sp³-hybridized carbons (Fsp3) is 0.308. The normalized spacial score (nSPS) is 12.2. The lowest BCUT2D eigenvalue weighted by Gasteiger charge is -2.11. The van der Waals surface area contributed by atoms with Gasteiger partial charge >= 0.3 is 0 Å². The molecule has 0 heterocycles. The van der Waals surface area contributed by atoms with E-state index in [1.807, 2.05) is 32.1 Å². The van der Waals surface area contributed by atoms with Crippen molar-refractivity contribution in [1.82, 2.24) is 0 Å². The molecule has 0 aliphatic rings. The van der Waals surface area contributed by atoms with Crippen molar-refractivity contribution in [1.29, 1.82) is 0 Å². The fourth-order valence-corrected chi connectivity index (χ4v) is 1.36. The van der Waals surface area contributed by atoms with E-state index in [0.29, 0.717) is 6.61 Å². The van der Waals surface area contributed by atoms with Gasteiger partial charge in [0.1, 0.15) is 5.75 Å². The molecule has 14 heavy (non-hydrogen) atoms. The quantitative estimate of drug-likeness (QED) is 0.659. The Hall–Kier alpha value is -1.24. The molecule has 1 unspecified atom stereocenters. The summed E-state index contributed by atoms with van der Waals surface area (Å²) in [5, 5.41) is 0. The zero-order valence-corrected chi connectivity index (χ0v) is 8.92. The average Bonchev–Trinajstić information content (AvgIpc) is 2.20. The van der Waals surface area contributed by atoms with Gasteiger partial charge in [0.25, 0.3) is 0 Å². The van der Waals surface area contributed by atoms with Crippen molar-refractivity contribution in [2.24, 2.45) is 0 Å². The van der Waals surface area contributed by atoms with E-state index in [1.54, 1.807) is 0 Å². The fourth-order valence-electron chi connectivity index (χ4n) is 1.36. The van der Waals surface area contributed by atoms with Crippen molar-refractivity contribution >= 4 is 0 Å². The highest BCUT2D eigenvalue weighted by Crippen LogP contribution is 2.23. The van der Waals surface area contributed by atoms with Gasteiger partial charge in [-0.25, -0.2) is 0 Å². The molecule has 0 amide bonds. The van der Waals surface area contributed by atoms with Crippen LogP contribution in [-0.2, 0) is 0 Å². The molecule has 1 heteroatoms. The van der Waals surface area contributed by atoms with Crippen LogP contribution in [0.3, 0.4) is 0 Å². The van der Waals surface area contributed by atoms with E-state index < -0.39 is 0 Å². The van der Waals surface area contributed by atoms with Crippen LogP contribution >= 0.6 is 0 Å². The van der Waals surface area contributed by atoms with Crippen LogP contribution in [0, 0.1) is 13.8 Å². The Morgan fingerprint density at radius 2 is 2.21 bits per heavy atom. The van der Waals surface area contributed by atoms with Crippen LogP contribution in [0.2, 0.25) is 0 Å². The molecule has 0 aromatic heterocycles. The van der Waals surface area contributed by atoms with Gasteiger partial charge in [0.15, 0.2) is 0 Å². The van der Waals surface area contributed by atoms with Crippen molar-refractivity contribution in [2.75, 3.05) is 6.61 Å². The number of aryl methyl sites for hydroxylation is 1. The Balaban J connectivity index is 2.93. The van der Waals surface area contributed by atoms with Crippen molar-refractivity contribution in [3.8, 4) is 5.75 Å². The first kappa shape index (κ1) is 10.8. The molecule has 0 saturated heterocycles. The molecule has 0 N–H and O–H groups in total. The van der Waals surface area contributed by atoms with Crippen molar-refractivity contribution in [3.05, 3.63) is 48.9 Å². The predicted octanol–water partition coefficient (Wildman–Crippen LogP) is 3.50. The van der Waals surface area contributed by atoms with Crippen LogP contribution in [0.1, 0.15) is 24.0 Å². The van der Waals surface area contributed by atoms with Crippen LogP contribution in [-0.4, -0.2) is 6.61 Å². The maximum atomic E-state index is 5.46. The van der Waals surface area contributed by atoms with E-state index in [2.05, 4.69) is 19.6 Å². The molecule has 1 radical (unpaired) electrons. The largest absolute Gasteiger partial charge is 0.494 e. The van der Waals surface area contributed by atoms with Gasteiger partial charge in [-0.15, -0.1) is 6.58 Å². The SMILES string of the molecule is [CH2]C(C=C)c1ccc(OCC)c(C)c1. The smallest absolute Gasteiger partial charge is 0.122 e. The Labute approximate surface area is 86.4 Å². The maximum Gasteiger partial charge on any atom is 0.122 e. The Morgan fingerprint density at radius 1 is 1.50 bits per heavy atom. The Kier molecular flexibility index (Phi) is 3.75. The Bertz CT molecular complexity index is 315. The number of hydrogen-bond acceptors (Lipinski definition) is 1. The highest BCUT2D eigenvalue weighted by Gasteiger charge is 2.04. The number of benzene rings is 1. The molecular weight excluding hydrogens is 172 g/mol. The molecule has 0 aliphatic carbocycles. The van der Waals surface area contributed by atoms with E-state index in [1.165, 1.54) is 5.56 Å². The number of allylic oxidation sites excluding steroid dienone is 1. The molecule has 0 spiro atoms. The monoisotopic (exact) mass is 189 g/mol. The molecule has 1 atom stereocenters. The van der Waals surface area contributed by atoms with Gasteiger partial charge in [0.2, 0.25) is 0 Å². The number of ether oxygens (including phenoxy) is 1. The van der Waals surface area contributed by atoms with E-state index in [-0.39, 0.29) is 5.92 Å². The summed E-state index contributed by atoms with van der Waals surface area (Å²) in [6, 6.07) is 6.14. The van der Waals surface area contributed by atoms with Crippen molar-refractivity contribution < 1.29 is 4.74 Å². The van der Waals surface area contributed by atoms with Crippen molar-refractivity contribution in [3.63, 3.8) is 0 Å². The molecular formula is C13H17O. The topological polar surface area (TPSA) is 9.23 Å². The first-order valence-corrected chi connectivity index (χ1v) is 4.88. The van der Waals surface area contributed by atoms with Crippen LogP contribution in [0.25, 0.3) is 0 Å². The molecule has 1 aromatic rings. The highest BCUT2D eigenvalue weighted by molar-refractivity contribution is 5.38. The summed E-state index contributed by atoms with van der Waals surface area (Å²) < 4.78 is 5.46. The molecule has 1 rings (SSSR count). The minimum Gasteiger partial charge on any atom is -0.494 e. The highest BCUT2D eigenvalue weighted by atomic mass is 16.5. The third-order valence-corrected chi connectivity index (χ3v) is 2.21. The molecule has 0 fully saturated rings. The lowest BCUT2D eigenvalue weighted by Crippen LogP contribution is -1.96. The minimum absolute atomic E-state index is 0.157. The summed E-state index contributed by atoms with van der Waals surface area (Å²) in [5.74, 6) is 1.11. The van der Waals surface area contributed by atoms with Crippen LogP contribution in [0.15, 0.2) is 30.9 Å². The first-order chi connectivity index (χ1) is 6.69. The van der Waals surface area contributed by atoms with Gasteiger partial charge < -0.3 is 4.74 Å². The zero-order chi connectivity index (χ0) is 10.6. The molecule has 0 bridgehead atoms. The maximum absolute atomic E-state index is 5.46. The molecule has 75 valence electrons. The van der Waals surface area contributed by atoms with Gasteiger partial charge in [-0.2, -0.15) is 0 Å². The summed E-state index contributed by atoms with van der Waals surface area (Å²) in [7, 11) is 0. The van der Waals surface area contributed by atoms with Gasteiger partial charge in [-0.05, 0) is 38.0 Å². The third kappa shape index (κ3) is 2.38. The second-order valence-electron chi connectivity index (χ2n) is 3.30. The van der Waals surface area contributed by atoms with Crippen LogP contribution < -0.4 is 4.74 Å². The standard InChI is InChI=1S/C13H17O/c1-5-10(3)12-7-8-13(14-6-2)11(4)9-12/h5,7-10H,1,3,6H2,2,4H3. The number of rotatable bonds is 4. The second kappa shape index (κ2) is 4.85. The van der Waals surface area contributed by atoms with E-state index in [0.717, 1.165) is 11.3 Å². The van der Waals surface area contributed by atoms with Gasteiger partial charge in [-0.3, -0.25) is 0 Å². The van der Waals surface area contributed by atoms with E-state index in [4.69, 9.17) is 4.74 Å². The lowest BCUT2D eigenvalue weighted by molar-refractivity contribution is 0.338. The van der Waals surface area contributed by atoms with E-state index >= 15 is 0 Å². The zero-order valence-electron chi connectivity index (χ0n) is 8.92. The second-order valence-corrected chi connectivity index (χ2v) is 3.30. The summed E-state index contributed by atoms with van der Waals surface area (Å²) in [5.41, 5.74) is 2.33. The van der Waals surface area contributed by atoms with Crippen LogP contribution in [0.5, 0.6) is 5.75 Å². The Morgan fingerprint density at radius 3 is 2.71 bits per heavy atom.